The second-order valence-electron chi connectivity index (χ2n) is 4.90. The maximum atomic E-state index is 13.7. The van der Waals surface area contributed by atoms with Gasteiger partial charge in [-0.25, -0.2) is 4.39 Å². The zero-order valence-corrected chi connectivity index (χ0v) is 13.0. The minimum atomic E-state index is -0.270. The van der Waals surface area contributed by atoms with Crippen LogP contribution in [0.1, 0.15) is 36.8 Å². The predicted molar refractivity (Wildman–Crippen MR) is 81.1 cm³/mol. The molecule has 1 heterocycles. The zero-order chi connectivity index (χ0) is 15.4. The van der Waals surface area contributed by atoms with E-state index in [0.717, 1.165) is 30.0 Å². The molecule has 1 unspecified atom stereocenters. The van der Waals surface area contributed by atoms with Crippen molar-refractivity contribution in [3.63, 3.8) is 0 Å². The molecule has 1 N–H and O–H groups in total. The Kier molecular flexibility index (Phi) is 4.96. The van der Waals surface area contributed by atoms with Gasteiger partial charge in [-0.2, -0.15) is 5.10 Å². The Morgan fingerprint density at radius 3 is 2.71 bits per heavy atom. The molecule has 21 heavy (non-hydrogen) atoms. The van der Waals surface area contributed by atoms with Crippen molar-refractivity contribution in [2.24, 2.45) is 0 Å². The third-order valence-corrected chi connectivity index (χ3v) is 3.44. The van der Waals surface area contributed by atoms with Crippen LogP contribution in [0.5, 0.6) is 5.75 Å². The van der Waals surface area contributed by atoms with Gasteiger partial charge < -0.3 is 10.1 Å². The minimum absolute atomic E-state index is 0.151. The number of aryl methyl sites for hydroxylation is 2. The summed E-state index contributed by atoms with van der Waals surface area (Å²) in [6.45, 7) is 7.56. The topological polar surface area (TPSA) is 39.1 Å². The van der Waals surface area contributed by atoms with E-state index in [2.05, 4.69) is 10.4 Å². The SMILES string of the molecule is CCNC(c1cc(F)ccc1OC)c1cc(C)nn1CC. The molecule has 0 radical (unpaired) electrons. The Labute approximate surface area is 124 Å². The molecule has 0 fully saturated rings. The van der Waals surface area contributed by atoms with Crippen molar-refractivity contribution in [1.29, 1.82) is 0 Å². The highest BCUT2D eigenvalue weighted by Crippen LogP contribution is 2.31. The summed E-state index contributed by atoms with van der Waals surface area (Å²) in [6, 6.07) is 6.47. The molecule has 1 aromatic carbocycles. The number of hydrogen-bond donors (Lipinski definition) is 1. The Hall–Kier alpha value is -1.88. The fraction of sp³-hybridized carbons (Fsp3) is 0.438. The largest absolute Gasteiger partial charge is 0.496 e. The van der Waals surface area contributed by atoms with Crippen LogP contribution in [0.2, 0.25) is 0 Å². The van der Waals surface area contributed by atoms with Gasteiger partial charge in [0.2, 0.25) is 0 Å². The van der Waals surface area contributed by atoms with Crippen molar-refractivity contribution < 1.29 is 9.13 Å². The molecule has 0 saturated heterocycles. The highest BCUT2D eigenvalue weighted by atomic mass is 19.1. The molecule has 2 rings (SSSR count). The fourth-order valence-corrected chi connectivity index (χ4v) is 2.56. The van der Waals surface area contributed by atoms with E-state index in [1.165, 1.54) is 12.1 Å². The molecule has 0 bridgehead atoms. The first kappa shape index (κ1) is 15.5. The molecule has 1 atom stereocenters. The van der Waals surface area contributed by atoms with Crippen molar-refractivity contribution >= 4 is 0 Å². The average Bonchev–Trinajstić information content (AvgIpc) is 2.85. The summed E-state index contributed by atoms with van der Waals surface area (Å²) in [4.78, 5) is 0. The molecular formula is C16H22FN3O. The molecule has 5 heteroatoms. The van der Waals surface area contributed by atoms with Crippen molar-refractivity contribution in [2.75, 3.05) is 13.7 Å². The molecule has 0 spiro atoms. The van der Waals surface area contributed by atoms with Gasteiger partial charge in [-0.3, -0.25) is 4.68 Å². The predicted octanol–water partition coefficient (Wildman–Crippen LogP) is 3.06. The number of benzene rings is 1. The number of nitrogens with one attached hydrogen (secondary N) is 1. The molecular weight excluding hydrogens is 269 g/mol. The summed E-state index contributed by atoms with van der Waals surface area (Å²) >= 11 is 0. The standard InChI is InChI=1S/C16H22FN3O/c1-5-18-16(14-9-11(3)19-20(14)6-2)13-10-12(17)7-8-15(13)21-4/h7-10,16,18H,5-6H2,1-4H3. The van der Waals surface area contributed by atoms with Gasteiger partial charge in [0, 0.05) is 12.1 Å². The number of methoxy groups -OCH3 is 1. The maximum absolute atomic E-state index is 13.7. The first-order valence-corrected chi connectivity index (χ1v) is 7.21. The van der Waals surface area contributed by atoms with Crippen LogP contribution in [0.25, 0.3) is 0 Å². The van der Waals surface area contributed by atoms with E-state index in [1.807, 2.05) is 31.5 Å². The fourth-order valence-electron chi connectivity index (χ4n) is 2.56. The van der Waals surface area contributed by atoms with Crippen molar-refractivity contribution in [2.45, 2.75) is 33.4 Å². The number of hydrogen-bond acceptors (Lipinski definition) is 3. The van der Waals surface area contributed by atoms with Crippen molar-refractivity contribution in [3.05, 3.63) is 47.0 Å². The molecule has 0 aliphatic heterocycles. The van der Waals surface area contributed by atoms with Crippen LogP contribution in [0.4, 0.5) is 4.39 Å². The summed E-state index contributed by atoms with van der Waals surface area (Å²) < 4.78 is 21.0. The lowest BCUT2D eigenvalue weighted by Crippen LogP contribution is -2.25. The lowest BCUT2D eigenvalue weighted by molar-refractivity contribution is 0.400. The van der Waals surface area contributed by atoms with E-state index >= 15 is 0 Å². The summed E-state index contributed by atoms with van der Waals surface area (Å²) in [5, 5.41) is 7.88. The highest BCUT2D eigenvalue weighted by molar-refractivity contribution is 5.41. The molecule has 1 aromatic heterocycles. The maximum Gasteiger partial charge on any atom is 0.124 e. The van der Waals surface area contributed by atoms with Crippen LogP contribution in [0, 0.1) is 12.7 Å². The van der Waals surface area contributed by atoms with Crippen molar-refractivity contribution in [3.8, 4) is 5.75 Å². The third-order valence-electron chi connectivity index (χ3n) is 3.44. The van der Waals surface area contributed by atoms with Gasteiger partial charge in [0.15, 0.2) is 0 Å². The zero-order valence-electron chi connectivity index (χ0n) is 13.0. The molecule has 2 aromatic rings. The number of aromatic nitrogens is 2. The minimum Gasteiger partial charge on any atom is -0.496 e. The average molecular weight is 291 g/mol. The Balaban J connectivity index is 2.55. The summed E-state index contributed by atoms with van der Waals surface area (Å²) in [6.07, 6.45) is 0. The molecule has 4 nitrogen and oxygen atoms in total. The molecule has 0 saturated carbocycles. The quantitative estimate of drug-likeness (QED) is 0.889. The van der Waals surface area contributed by atoms with Gasteiger partial charge in [-0.1, -0.05) is 6.92 Å². The lowest BCUT2D eigenvalue weighted by atomic mass is 10.0. The van der Waals surface area contributed by atoms with Gasteiger partial charge in [0.25, 0.3) is 0 Å². The van der Waals surface area contributed by atoms with Crippen LogP contribution < -0.4 is 10.1 Å². The lowest BCUT2D eigenvalue weighted by Gasteiger charge is -2.21. The van der Waals surface area contributed by atoms with E-state index in [1.54, 1.807) is 13.2 Å². The number of halogens is 1. The highest BCUT2D eigenvalue weighted by Gasteiger charge is 2.22. The second-order valence-corrected chi connectivity index (χ2v) is 4.90. The molecule has 0 amide bonds. The first-order chi connectivity index (χ1) is 10.1. The van der Waals surface area contributed by atoms with E-state index in [4.69, 9.17) is 4.74 Å². The number of nitrogens with zero attached hydrogens (tertiary/aromatic N) is 2. The van der Waals surface area contributed by atoms with Gasteiger partial charge in [-0.05, 0) is 44.7 Å². The number of rotatable bonds is 6. The summed E-state index contributed by atoms with van der Waals surface area (Å²) in [5.74, 6) is 0.400. The third kappa shape index (κ3) is 3.24. The summed E-state index contributed by atoms with van der Waals surface area (Å²) in [7, 11) is 1.60. The van der Waals surface area contributed by atoms with Gasteiger partial charge in [-0.15, -0.1) is 0 Å². The van der Waals surface area contributed by atoms with E-state index < -0.39 is 0 Å². The monoisotopic (exact) mass is 291 g/mol. The molecule has 0 aliphatic carbocycles. The van der Waals surface area contributed by atoms with E-state index in [-0.39, 0.29) is 11.9 Å². The van der Waals surface area contributed by atoms with Crippen molar-refractivity contribution in [1.82, 2.24) is 15.1 Å². The number of ether oxygens (including phenoxy) is 1. The molecule has 114 valence electrons. The van der Waals surface area contributed by atoms with Crippen LogP contribution in [-0.4, -0.2) is 23.4 Å². The first-order valence-electron chi connectivity index (χ1n) is 7.21. The van der Waals surface area contributed by atoms with Crippen LogP contribution >= 0.6 is 0 Å². The van der Waals surface area contributed by atoms with Crippen LogP contribution in [-0.2, 0) is 6.54 Å². The van der Waals surface area contributed by atoms with Gasteiger partial charge in [0.05, 0.1) is 24.5 Å². The van der Waals surface area contributed by atoms with Crippen LogP contribution in [0.15, 0.2) is 24.3 Å². The Morgan fingerprint density at radius 1 is 1.33 bits per heavy atom. The van der Waals surface area contributed by atoms with Gasteiger partial charge >= 0.3 is 0 Å². The smallest absolute Gasteiger partial charge is 0.124 e. The Bertz CT molecular complexity index is 610. The van der Waals surface area contributed by atoms with Crippen LogP contribution in [0.3, 0.4) is 0 Å². The van der Waals surface area contributed by atoms with E-state index in [9.17, 15) is 4.39 Å². The van der Waals surface area contributed by atoms with E-state index in [0.29, 0.717) is 5.75 Å². The second kappa shape index (κ2) is 6.72. The Morgan fingerprint density at radius 2 is 2.10 bits per heavy atom. The summed E-state index contributed by atoms with van der Waals surface area (Å²) in [5.41, 5.74) is 2.75. The molecule has 0 aliphatic rings. The van der Waals surface area contributed by atoms with Gasteiger partial charge in [0.1, 0.15) is 11.6 Å². The normalized spacial score (nSPS) is 12.4.